The maximum absolute atomic E-state index is 10.6. The molecule has 1 N–H and O–H groups in total. The van der Waals surface area contributed by atoms with Crippen molar-refractivity contribution < 1.29 is 14.6 Å². The Morgan fingerprint density at radius 1 is 1.50 bits per heavy atom. The van der Waals surface area contributed by atoms with Crippen molar-refractivity contribution in [3.8, 4) is 0 Å². The summed E-state index contributed by atoms with van der Waals surface area (Å²) in [6, 6.07) is 0. The molecule has 4 nitrogen and oxygen atoms in total. The van der Waals surface area contributed by atoms with Crippen molar-refractivity contribution >= 4 is 5.97 Å². The Kier molecular flexibility index (Phi) is 4.74. The molecule has 0 saturated carbocycles. The van der Waals surface area contributed by atoms with Gasteiger partial charge in [-0.3, -0.25) is 9.69 Å². The van der Waals surface area contributed by atoms with Crippen LogP contribution in [0.3, 0.4) is 0 Å². The van der Waals surface area contributed by atoms with Gasteiger partial charge in [-0.25, -0.2) is 0 Å². The van der Waals surface area contributed by atoms with E-state index >= 15 is 0 Å². The van der Waals surface area contributed by atoms with Crippen LogP contribution in [0.4, 0.5) is 0 Å². The second kappa shape index (κ2) is 5.64. The van der Waals surface area contributed by atoms with Gasteiger partial charge in [-0.15, -0.1) is 0 Å². The number of carboxylic acid groups (broad SMARTS) is 1. The number of aliphatic carboxylic acids is 1. The summed E-state index contributed by atoms with van der Waals surface area (Å²) in [6.07, 6.45) is 1.31. The first kappa shape index (κ1) is 13.5. The molecule has 1 aliphatic heterocycles. The van der Waals surface area contributed by atoms with Gasteiger partial charge in [0.25, 0.3) is 0 Å². The first-order chi connectivity index (χ1) is 7.39. The fourth-order valence-corrected chi connectivity index (χ4v) is 1.97. The molecule has 1 fully saturated rings. The van der Waals surface area contributed by atoms with E-state index in [9.17, 15) is 4.79 Å². The van der Waals surface area contributed by atoms with Crippen LogP contribution in [0.25, 0.3) is 0 Å². The van der Waals surface area contributed by atoms with E-state index in [1.54, 1.807) is 0 Å². The van der Waals surface area contributed by atoms with Gasteiger partial charge < -0.3 is 9.84 Å². The van der Waals surface area contributed by atoms with E-state index in [4.69, 9.17) is 9.84 Å². The lowest BCUT2D eigenvalue weighted by molar-refractivity contribution is -0.137. The van der Waals surface area contributed by atoms with E-state index in [-0.39, 0.29) is 12.0 Å². The molecule has 1 unspecified atom stereocenters. The van der Waals surface area contributed by atoms with E-state index in [0.717, 1.165) is 26.2 Å². The Balaban J connectivity index is 2.46. The summed E-state index contributed by atoms with van der Waals surface area (Å²) in [4.78, 5) is 12.9. The van der Waals surface area contributed by atoms with Crippen molar-refractivity contribution in [3.63, 3.8) is 0 Å². The number of nitrogens with zero attached hydrogens (tertiary/aromatic N) is 1. The van der Waals surface area contributed by atoms with Crippen molar-refractivity contribution in [2.24, 2.45) is 5.92 Å². The zero-order valence-corrected chi connectivity index (χ0v) is 10.5. The molecule has 94 valence electrons. The van der Waals surface area contributed by atoms with Crippen LogP contribution in [0, 0.1) is 5.92 Å². The van der Waals surface area contributed by atoms with Crippen LogP contribution in [-0.4, -0.2) is 47.8 Å². The summed E-state index contributed by atoms with van der Waals surface area (Å²) in [5, 5.41) is 8.74. The number of hydrogen-bond acceptors (Lipinski definition) is 3. The molecule has 1 rings (SSSR count). The Labute approximate surface area is 97.6 Å². The van der Waals surface area contributed by atoms with Gasteiger partial charge in [-0.2, -0.15) is 0 Å². The third-order valence-electron chi connectivity index (χ3n) is 3.05. The quantitative estimate of drug-likeness (QED) is 0.778. The molecule has 0 bridgehead atoms. The molecular formula is C12H23NO3. The van der Waals surface area contributed by atoms with Crippen LogP contribution in [-0.2, 0) is 9.53 Å². The first-order valence-electron chi connectivity index (χ1n) is 5.94. The van der Waals surface area contributed by atoms with Crippen molar-refractivity contribution in [2.45, 2.75) is 39.2 Å². The highest BCUT2D eigenvalue weighted by molar-refractivity contribution is 5.66. The molecule has 1 atom stereocenters. The summed E-state index contributed by atoms with van der Waals surface area (Å²) in [5.41, 5.74) is 0.0258. The van der Waals surface area contributed by atoms with Crippen LogP contribution >= 0.6 is 0 Å². The summed E-state index contributed by atoms with van der Waals surface area (Å²) < 4.78 is 5.35. The van der Waals surface area contributed by atoms with Crippen LogP contribution in [0.15, 0.2) is 0 Å². The van der Waals surface area contributed by atoms with Gasteiger partial charge in [0, 0.05) is 25.2 Å². The van der Waals surface area contributed by atoms with E-state index < -0.39 is 5.97 Å². The predicted octanol–water partition coefficient (Wildman–Crippen LogP) is 1.60. The molecule has 1 saturated heterocycles. The number of carbonyl (C=O) groups is 1. The third-order valence-corrected chi connectivity index (χ3v) is 3.05. The summed E-state index contributed by atoms with van der Waals surface area (Å²) >= 11 is 0. The molecule has 4 heteroatoms. The normalized spacial score (nSPS) is 21.6. The number of hydrogen-bond donors (Lipinski definition) is 1. The maximum Gasteiger partial charge on any atom is 0.304 e. The van der Waals surface area contributed by atoms with Crippen LogP contribution < -0.4 is 0 Å². The first-order valence-corrected chi connectivity index (χ1v) is 5.94. The van der Waals surface area contributed by atoms with E-state index in [1.165, 1.54) is 0 Å². The molecule has 0 aliphatic carbocycles. The molecule has 0 aromatic heterocycles. The lowest BCUT2D eigenvalue weighted by Crippen LogP contribution is -2.45. The maximum atomic E-state index is 10.6. The van der Waals surface area contributed by atoms with Gasteiger partial charge in [0.15, 0.2) is 0 Å². The third kappa shape index (κ3) is 4.49. The highest BCUT2D eigenvalue weighted by Gasteiger charge is 2.26. The number of ether oxygens (including phenoxy) is 1. The lowest BCUT2D eigenvalue weighted by atomic mass is 10.0. The molecular weight excluding hydrogens is 206 g/mol. The topological polar surface area (TPSA) is 49.8 Å². The predicted molar refractivity (Wildman–Crippen MR) is 62.5 cm³/mol. The SMILES string of the molecule is CC(C)(C)N(CCC(=O)O)CC1CCOC1. The minimum atomic E-state index is -0.725. The monoisotopic (exact) mass is 229 g/mol. The van der Waals surface area contributed by atoms with Gasteiger partial charge in [0.05, 0.1) is 13.0 Å². The van der Waals surface area contributed by atoms with Gasteiger partial charge in [0.2, 0.25) is 0 Å². The zero-order chi connectivity index (χ0) is 12.2. The minimum absolute atomic E-state index is 0.0258. The van der Waals surface area contributed by atoms with E-state index in [0.29, 0.717) is 12.5 Å². The summed E-state index contributed by atoms with van der Waals surface area (Å²) in [5.74, 6) is -0.162. The molecule has 0 aromatic rings. The Morgan fingerprint density at radius 2 is 2.19 bits per heavy atom. The molecule has 0 spiro atoms. The number of rotatable bonds is 5. The zero-order valence-electron chi connectivity index (χ0n) is 10.5. The van der Waals surface area contributed by atoms with E-state index in [2.05, 4.69) is 25.7 Å². The van der Waals surface area contributed by atoms with Crippen LogP contribution in [0.1, 0.15) is 33.6 Å². The standard InChI is InChI=1S/C12H23NO3/c1-12(2,3)13(6-4-11(14)15)8-10-5-7-16-9-10/h10H,4-9H2,1-3H3,(H,14,15). The average Bonchev–Trinajstić information content (AvgIpc) is 2.62. The highest BCUT2D eigenvalue weighted by Crippen LogP contribution is 2.20. The molecule has 16 heavy (non-hydrogen) atoms. The molecule has 0 aromatic carbocycles. The Morgan fingerprint density at radius 3 is 2.62 bits per heavy atom. The smallest absolute Gasteiger partial charge is 0.304 e. The molecule has 0 amide bonds. The second-order valence-corrected chi connectivity index (χ2v) is 5.49. The summed E-state index contributed by atoms with van der Waals surface area (Å²) in [6.45, 7) is 9.62. The lowest BCUT2D eigenvalue weighted by Gasteiger charge is -2.36. The van der Waals surface area contributed by atoms with Gasteiger partial charge >= 0.3 is 5.97 Å². The van der Waals surface area contributed by atoms with Gasteiger partial charge in [-0.1, -0.05) is 0 Å². The van der Waals surface area contributed by atoms with E-state index in [1.807, 2.05) is 0 Å². The Bertz CT molecular complexity index is 229. The minimum Gasteiger partial charge on any atom is -0.481 e. The van der Waals surface area contributed by atoms with Crippen LogP contribution in [0.5, 0.6) is 0 Å². The highest BCUT2D eigenvalue weighted by atomic mass is 16.5. The molecule has 0 radical (unpaired) electrons. The van der Waals surface area contributed by atoms with Crippen LogP contribution in [0.2, 0.25) is 0 Å². The Hall–Kier alpha value is -0.610. The van der Waals surface area contributed by atoms with Gasteiger partial charge in [0.1, 0.15) is 0 Å². The second-order valence-electron chi connectivity index (χ2n) is 5.49. The van der Waals surface area contributed by atoms with Crippen molar-refractivity contribution in [3.05, 3.63) is 0 Å². The van der Waals surface area contributed by atoms with Crippen molar-refractivity contribution in [2.75, 3.05) is 26.3 Å². The van der Waals surface area contributed by atoms with Crippen molar-refractivity contribution in [1.29, 1.82) is 0 Å². The summed E-state index contributed by atoms with van der Waals surface area (Å²) in [7, 11) is 0. The van der Waals surface area contributed by atoms with Gasteiger partial charge in [-0.05, 0) is 33.1 Å². The largest absolute Gasteiger partial charge is 0.481 e. The fraction of sp³-hybridized carbons (Fsp3) is 0.917. The molecule has 1 aliphatic rings. The van der Waals surface area contributed by atoms with Crippen molar-refractivity contribution in [1.82, 2.24) is 4.90 Å². The molecule has 1 heterocycles. The number of carboxylic acids is 1. The average molecular weight is 229 g/mol. The fourth-order valence-electron chi connectivity index (χ4n) is 1.97.